The van der Waals surface area contributed by atoms with Crippen LogP contribution in [0.2, 0.25) is 0 Å². The molecule has 0 bridgehead atoms. The number of halogens is 1. The van der Waals surface area contributed by atoms with Gasteiger partial charge in [0, 0.05) is 18.2 Å². The third kappa shape index (κ3) is 3.52. The van der Waals surface area contributed by atoms with E-state index in [0.717, 1.165) is 31.5 Å². The number of benzene rings is 1. The summed E-state index contributed by atoms with van der Waals surface area (Å²) in [5.41, 5.74) is 1.33. The number of rotatable bonds is 3. The normalized spacial score (nSPS) is 22.0. The number of anilines is 1. The van der Waals surface area contributed by atoms with Crippen LogP contribution < -0.4 is 16.0 Å². The molecule has 1 aromatic rings. The number of piperidine rings is 1. The Kier molecular flexibility index (Phi) is 4.61. The van der Waals surface area contributed by atoms with E-state index in [4.69, 9.17) is 0 Å². The lowest BCUT2D eigenvalue weighted by molar-refractivity contribution is -0.116. The molecule has 5 nitrogen and oxygen atoms in total. The van der Waals surface area contributed by atoms with Crippen molar-refractivity contribution < 1.29 is 14.0 Å². The van der Waals surface area contributed by atoms with Crippen LogP contribution in [-0.2, 0) is 11.2 Å². The average molecular weight is 319 g/mol. The predicted octanol–water partition coefficient (Wildman–Crippen LogP) is 1.83. The molecule has 1 aromatic carbocycles. The van der Waals surface area contributed by atoms with Gasteiger partial charge in [0.25, 0.3) is 5.91 Å². The zero-order chi connectivity index (χ0) is 16.4. The highest BCUT2D eigenvalue weighted by Crippen LogP contribution is 2.26. The molecule has 1 saturated heterocycles. The molecule has 23 heavy (non-hydrogen) atoms. The molecule has 124 valence electrons. The van der Waals surface area contributed by atoms with Gasteiger partial charge in [0.2, 0.25) is 5.91 Å². The Hall–Kier alpha value is -1.95. The molecule has 3 N–H and O–H groups in total. The third-order valence-corrected chi connectivity index (χ3v) is 4.73. The summed E-state index contributed by atoms with van der Waals surface area (Å²) >= 11 is 0. The fourth-order valence-corrected chi connectivity index (χ4v) is 3.28. The quantitative estimate of drug-likeness (QED) is 0.796. The fourth-order valence-electron chi connectivity index (χ4n) is 3.28. The van der Waals surface area contributed by atoms with Gasteiger partial charge in [-0.1, -0.05) is 0 Å². The maximum absolute atomic E-state index is 14.2. The number of hydrogen-bond acceptors (Lipinski definition) is 3. The number of aryl methyl sites for hydroxylation is 1. The standard InChI is InChI=1S/C17H22FN3O2/c1-10(12-3-2-6-19-9-12)20-17(23)13-7-11-4-5-16(22)21-15(11)8-14(13)18/h7-8,10,12,19H,2-6,9H2,1H3,(H,20,23)(H,21,22). The summed E-state index contributed by atoms with van der Waals surface area (Å²) in [7, 11) is 0. The van der Waals surface area contributed by atoms with E-state index in [9.17, 15) is 14.0 Å². The molecular weight excluding hydrogens is 297 g/mol. The highest BCUT2D eigenvalue weighted by molar-refractivity contribution is 5.98. The third-order valence-electron chi connectivity index (χ3n) is 4.73. The highest BCUT2D eigenvalue weighted by Gasteiger charge is 2.24. The second kappa shape index (κ2) is 6.66. The van der Waals surface area contributed by atoms with Gasteiger partial charge in [0.05, 0.1) is 5.56 Å². The summed E-state index contributed by atoms with van der Waals surface area (Å²) in [6.07, 6.45) is 3.05. The first kappa shape index (κ1) is 15.9. The summed E-state index contributed by atoms with van der Waals surface area (Å²) < 4.78 is 14.2. The van der Waals surface area contributed by atoms with Crippen molar-refractivity contribution in [2.45, 2.75) is 38.6 Å². The minimum atomic E-state index is -0.600. The molecule has 2 heterocycles. The number of nitrogens with one attached hydrogen (secondary N) is 3. The maximum atomic E-state index is 14.2. The molecule has 0 aliphatic carbocycles. The van der Waals surface area contributed by atoms with Gasteiger partial charge in [-0.15, -0.1) is 0 Å². The summed E-state index contributed by atoms with van der Waals surface area (Å²) in [4.78, 5) is 23.8. The van der Waals surface area contributed by atoms with Gasteiger partial charge >= 0.3 is 0 Å². The average Bonchev–Trinajstić information content (AvgIpc) is 2.54. The summed E-state index contributed by atoms with van der Waals surface area (Å²) in [6, 6.07) is 2.80. The van der Waals surface area contributed by atoms with Crippen molar-refractivity contribution in [1.29, 1.82) is 0 Å². The second-order valence-corrected chi connectivity index (χ2v) is 6.41. The van der Waals surface area contributed by atoms with Crippen LogP contribution in [0.4, 0.5) is 10.1 Å². The van der Waals surface area contributed by atoms with Crippen molar-refractivity contribution in [2.75, 3.05) is 18.4 Å². The van der Waals surface area contributed by atoms with E-state index in [1.807, 2.05) is 6.92 Å². The first-order valence-corrected chi connectivity index (χ1v) is 8.18. The van der Waals surface area contributed by atoms with Crippen LogP contribution in [-0.4, -0.2) is 30.9 Å². The molecule has 0 saturated carbocycles. The molecule has 1 fully saturated rings. The second-order valence-electron chi connectivity index (χ2n) is 6.41. The Morgan fingerprint density at radius 3 is 2.96 bits per heavy atom. The van der Waals surface area contributed by atoms with Gasteiger partial charge < -0.3 is 16.0 Å². The first-order chi connectivity index (χ1) is 11.0. The number of hydrogen-bond donors (Lipinski definition) is 3. The van der Waals surface area contributed by atoms with Crippen molar-refractivity contribution in [3.05, 3.63) is 29.1 Å². The van der Waals surface area contributed by atoms with Crippen LogP contribution in [0.15, 0.2) is 12.1 Å². The predicted molar refractivity (Wildman–Crippen MR) is 85.9 cm³/mol. The largest absolute Gasteiger partial charge is 0.349 e. The number of fused-ring (bicyclic) bond motifs is 1. The van der Waals surface area contributed by atoms with Gasteiger partial charge in [0.1, 0.15) is 5.82 Å². The van der Waals surface area contributed by atoms with Gasteiger partial charge in [-0.3, -0.25) is 9.59 Å². The van der Waals surface area contributed by atoms with E-state index < -0.39 is 5.82 Å². The van der Waals surface area contributed by atoms with E-state index >= 15 is 0 Å². The van der Waals surface area contributed by atoms with E-state index in [1.54, 1.807) is 6.07 Å². The zero-order valence-corrected chi connectivity index (χ0v) is 13.2. The van der Waals surface area contributed by atoms with Crippen molar-refractivity contribution in [2.24, 2.45) is 5.92 Å². The van der Waals surface area contributed by atoms with Crippen LogP contribution >= 0.6 is 0 Å². The lowest BCUT2D eigenvalue weighted by atomic mass is 9.92. The Morgan fingerprint density at radius 1 is 1.39 bits per heavy atom. The molecule has 2 unspecified atom stereocenters. The topological polar surface area (TPSA) is 70.2 Å². The van der Waals surface area contributed by atoms with Crippen molar-refractivity contribution in [3.8, 4) is 0 Å². The lowest BCUT2D eigenvalue weighted by Gasteiger charge is -2.29. The Bertz CT molecular complexity index is 627. The van der Waals surface area contributed by atoms with Gasteiger partial charge in [-0.25, -0.2) is 4.39 Å². The molecule has 6 heteroatoms. The molecule has 2 amide bonds. The Labute approximate surface area is 135 Å². The van der Waals surface area contributed by atoms with Crippen LogP contribution in [0, 0.1) is 11.7 Å². The SMILES string of the molecule is CC(NC(=O)c1cc2c(cc1F)NC(=O)CC2)C1CCCNC1. The van der Waals surface area contributed by atoms with Crippen molar-refractivity contribution in [3.63, 3.8) is 0 Å². The lowest BCUT2D eigenvalue weighted by Crippen LogP contribution is -2.44. The Balaban J connectivity index is 1.73. The van der Waals surface area contributed by atoms with Crippen molar-refractivity contribution >= 4 is 17.5 Å². The number of amides is 2. The van der Waals surface area contributed by atoms with E-state index in [0.29, 0.717) is 24.4 Å². The molecule has 2 atom stereocenters. The maximum Gasteiger partial charge on any atom is 0.254 e. The molecule has 0 spiro atoms. The van der Waals surface area contributed by atoms with Gasteiger partial charge in [-0.05, 0) is 62.9 Å². The summed E-state index contributed by atoms with van der Waals surface area (Å²) in [5.74, 6) is -0.738. The summed E-state index contributed by atoms with van der Waals surface area (Å²) in [6.45, 7) is 3.86. The van der Waals surface area contributed by atoms with Crippen molar-refractivity contribution in [1.82, 2.24) is 10.6 Å². The minimum absolute atomic E-state index is 0.00886. The van der Waals surface area contributed by atoms with E-state index in [1.165, 1.54) is 6.07 Å². The van der Waals surface area contributed by atoms with E-state index in [2.05, 4.69) is 16.0 Å². The summed E-state index contributed by atoms with van der Waals surface area (Å²) in [5, 5.41) is 8.88. The van der Waals surface area contributed by atoms with Crippen LogP contribution in [0.3, 0.4) is 0 Å². The highest BCUT2D eigenvalue weighted by atomic mass is 19.1. The molecular formula is C17H22FN3O2. The first-order valence-electron chi connectivity index (χ1n) is 8.18. The molecule has 0 aromatic heterocycles. The number of carbonyl (C=O) groups excluding carboxylic acids is 2. The van der Waals surface area contributed by atoms with Crippen LogP contribution in [0.1, 0.15) is 42.1 Å². The minimum Gasteiger partial charge on any atom is -0.349 e. The Morgan fingerprint density at radius 2 is 2.22 bits per heavy atom. The molecule has 2 aliphatic rings. The zero-order valence-electron chi connectivity index (χ0n) is 13.2. The fraction of sp³-hybridized carbons (Fsp3) is 0.529. The smallest absolute Gasteiger partial charge is 0.254 e. The van der Waals surface area contributed by atoms with Gasteiger partial charge in [0.15, 0.2) is 0 Å². The van der Waals surface area contributed by atoms with E-state index in [-0.39, 0.29) is 23.4 Å². The molecule has 0 radical (unpaired) electrons. The van der Waals surface area contributed by atoms with Gasteiger partial charge in [-0.2, -0.15) is 0 Å². The van der Waals surface area contributed by atoms with Crippen LogP contribution in [0.25, 0.3) is 0 Å². The molecule has 2 aliphatic heterocycles. The number of carbonyl (C=O) groups is 2. The monoisotopic (exact) mass is 319 g/mol. The van der Waals surface area contributed by atoms with Crippen LogP contribution in [0.5, 0.6) is 0 Å². The molecule has 3 rings (SSSR count).